The van der Waals surface area contributed by atoms with Crippen LogP contribution in [0.1, 0.15) is 130 Å². The maximum absolute atomic E-state index is 9.45. The fraction of sp³-hybridized carbons (Fsp3) is 0.962. The molecule has 0 rings (SSSR count). The van der Waals surface area contributed by atoms with Crippen molar-refractivity contribution in [1.82, 2.24) is 10.2 Å². The molecule has 188 valence electrons. The Morgan fingerprint density at radius 3 is 1.32 bits per heavy atom. The number of carbonyl (C=O) groups is 1. The molecule has 0 aromatic rings. The second-order valence-corrected chi connectivity index (χ2v) is 9.16. The van der Waals surface area contributed by atoms with Crippen LogP contribution in [0, 0.1) is 0 Å². The molecular weight excluding hydrogens is 388 g/mol. The van der Waals surface area contributed by atoms with Gasteiger partial charge in [0.15, 0.2) is 0 Å². The Bertz CT molecular complexity index is 363. The SMILES string of the molecule is CC(O)C(=O)O.CCCCCCCCCCCCCCCCCCNC(CC)N(C)C. The summed E-state index contributed by atoms with van der Waals surface area (Å²) in [5.41, 5.74) is 0. The van der Waals surface area contributed by atoms with E-state index in [4.69, 9.17) is 10.2 Å². The second-order valence-electron chi connectivity index (χ2n) is 9.16. The molecule has 0 aliphatic carbocycles. The van der Waals surface area contributed by atoms with Crippen molar-refractivity contribution in [3.8, 4) is 0 Å². The summed E-state index contributed by atoms with van der Waals surface area (Å²) in [5, 5.41) is 19.4. The average molecular weight is 445 g/mol. The molecule has 0 amide bonds. The summed E-state index contributed by atoms with van der Waals surface area (Å²) < 4.78 is 0. The number of aliphatic hydroxyl groups is 1. The van der Waals surface area contributed by atoms with Crippen molar-refractivity contribution in [3.63, 3.8) is 0 Å². The molecule has 0 saturated heterocycles. The summed E-state index contributed by atoms with van der Waals surface area (Å²) >= 11 is 0. The van der Waals surface area contributed by atoms with Gasteiger partial charge in [0, 0.05) is 0 Å². The second kappa shape index (κ2) is 25.6. The highest BCUT2D eigenvalue weighted by molar-refractivity contribution is 5.71. The Morgan fingerprint density at radius 2 is 1.06 bits per heavy atom. The minimum atomic E-state index is -1.23. The van der Waals surface area contributed by atoms with E-state index in [1.165, 1.54) is 123 Å². The van der Waals surface area contributed by atoms with E-state index in [2.05, 4.69) is 38.2 Å². The van der Waals surface area contributed by atoms with Crippen molar-refractivity contribution in [2.45, 2.75) is 142 Å². The van der Waals surface area contributed by atoms with E-state index in [1.807, 2.05) is 0 Å². The van der Waals surface area contributed by atoms with Crippen molar-refractivity contribution in [1.29, 1.82) is 0 Å². The molecule has 0 radical (unpaired) electrons. The smallest absolute Gasteiger partial charge is 0.332 e. The van der Waals surface area contributed by atoms with Crippen molar-refractivity contribution in [3.05, 3.63) is 0 Å². The molecular formula is C26H56N2O3. The lowest BCUT2D eigenvalue weighted by Gasteiger charge is -2.24. The van der Waals surface area contributed by atoms with E-state index >= 15 is 0 Å². The van der Waals surface area contributed by atoms with Crippen molar-refractivity contribution < 1.29 is 15.0 Å². The molecule has 2 atom stereocenters. The van der Waals surface area contributed by atoms with Gasteiger partial charge in [-0.2, -0.15) is 0 Å². The van der Waals surface area contributed by atoms with Crippen LogP contribution in [0.4, 0.5) is 0 Å². The van der Waals surface area contributed by atoms with Crippen LogP contribution in [0.5, 0.6) is 0 Å². The van der Waals surface area contributed by atoms with E-state index in [9.17, 15) is 4.79 Å². The highest BCUT2D eigenvalue weighted by Gasteiger charge is 2.06. The Kier molecular flexibility index (Phi) is 26.9. The summed E-state index contributed by atoms with van der Waals surface area (Å²) in [6.45, 7) is 6.92. The number of aliphatic hydroxyl groups excluding tert-OH is 1. The number of rotatable bonds is 21. The van der Waals surface area contributed by atoms with Gasteiger partial charge < -0.3 is 15.5 Å². The number of carboxylic acid groups (broad SMARTS) is 1. The van der Waals surface area contributed by atoms with Gasteiger partial charge in [-0.3, -0.25) is 4.90 Å². The van der Waals surface area contributed by atoms with E-state index in [0.717, 1.165) is 0 Å². The molecule has 3 N–H and O–H groups in total. The van der Waals surface area contributed by atoms with Crippen LogP contribution in [0.2, 0.25) is 0 Å². The van der Waals surface area contributed by atoms with E-state index in [0.29, 0.717) is 6.17 Å². The summed E-state index contributed by atoms with van der Waals surface area (Å²) in [6.07, 6.45) is 23.6. The van der Waals surface area contributed by atoms with Crippen LogP contribution in [0.15, 0.2) is 0 Å². The number of unbranched alkanes of at least 4 members (excludes halogenated alkanes) is 15. The number of hydrogen-bond acceptors (Lipinski definition) is 4. The fourth-order valence-electron chi connectivity index (χ4n) is 3.63. The first-order chi connectivity index (χ1) is 14.9. The molecule has 31 heavy (non-hydrogen) atoms. The lowest BCUT2D eigenvalue weighted by molar-refractivity contribution is -0.145. The summed E-state index contributed by atoms with van der Waals surface area (Å²) in [4.78, 5) is 11.7. The Hall–Kier alpha value is -0.650. The third-order valence-electron chi connectivity index (χ3n) is 5.78. The molecule has 0 aliphatic rings. The maximum atomic E-state index is 9.45. The largest absolute Gasteiger partial charge is 0.479 e. The molecule has 2 unspecified atom stereocenters. The predicted molar refractivity (Wildman–Crippen MR) is 135 cm³/mol. The van der Waals surface area contributed by atoms with E-state index in [1.54, 1.807) is 0 Å². The lowest BCUT2D eigenvalue weighted by atomic mass is 10.0. The third-order valence-corrected chi connectivity index (χ3v) is 5.78. The highest BCUT2D eigenvalue weighted by atomic mass is 16.4. The molecule has 5 heteroatoms. The first-order valence-corrected chi connectivity index (χ1v) is 13.2. The van der Waals surface area contributed by atoms with Gasteiger partial charge in [0.1, 0.15) is 6.10 Å². The molecule has 0 aromatic heterocycles. The van der Waals surface area contributed by atoms with Gasteiger partial charge in [-0.25, -0.2) is 4.79 Å². The minimum Gasteiger partial charge on any atom is -0.479 e. The molecule has 0 spiro atoms. The third kappa shape index (κ3) is 27.3. The van der Waals surface area contributed by atoms with Gasteiger partial charge in [-0.15, -0.1) is 0 Å². The van der Waals surface area contributed by atoms with E-state index < -0.39 is 12.1 Å². The van der Waals surface area contributed by atoms with Crippen molar-refractivity contribution in [2.24, 2.45) is 0 Å². The van der Waals surface area contributed by atoms with Crippen LogP contribution >= 0.6 is 0 Å². The first kappa shape index (κ1) is 32.5. The number of aliphatic carboxylic acids is 1. The van der Waals surface area contributed by atoms with Crippen molar-refractivity contribution in [2.75, 3.05) is 20.6 Å². The van der Waals surface area contributed by atoms with Crippen LogP contribution in [0.25, 0.3) is 0 Å². The van der Waals surface area contributed by atoms with Crippen LogP contribution < -0.4 is 5.32 Å². The Balaban J connectivity index is 0. The zero-order chi connectivity index (χ0) is 23.7. The predicted octanol–water partition coefficient (Wildman–Crippen LogP) is 6.59. The molecule has 0 fully saturated rings. The van der Waals surface area contributed by atoms with Gasteiger partial charge in [0.25, 0.3) is 0 Å². The topological polar surface area (TPSA) is 72.8 Å². The summed E-state index contributed by atoms with van der Waals surface area (Å²) in [5.74, 6) is -1.19. The monoisotopic (exact) mass is 444 g/mol. The molecule has 0 saturated carbocycles. The molecule has 0 heterocycles. The normalized spacial score (nSPS) is 13.0. The lowest BCUT2D eigenvalue weighted by Crippen LogP contribution is -2.41. The Morgan fingerprint density at radius 1 is 0.742 bits per heavy atom. The minimum absolute atomic E-state index is 0.552. The number of hydrogen-bond donors (Lipinski definition) is 3. The highest BCUT2D eigenvalue weighted by Crippen LogP contribution is 2.13. The van der Waals surface area contributed by atoms with Crippen LogP contribution in [-0.2, 0) is 4.79 Å². The zero-order valence-electron chi connectivity index (χ0n) is 21.6. The molecule has 5 nitrogen and oxygen atoms in total. The maximum Gasteiger partial charge on any atom is 0.332 e. The van der Waals surface area contributed by atoms with Crippen molar-refractivity contribution >= 4 is 5.97 Å². The van der Waals surface area contributed by atoms with Gasteiger partial charge in [-0.1, -0.05) is 110 Å². The van der Waals surface area contributed by atoms with Crippen LogP contribution in [0.3, 0.4) is 0 Å². The molecule has 0 aromatic carbocycles. The fourth-order valence-corrected chi connectivity index (χ4v) is 3.63. The number of nitrogens with one attached hydrogen (secondary N) is 1. The molecule has 0 bridgehead atoms. The Labute approximate surface area is 194 Å². The zero-order valence-corrected chi connectivity index (χ0v) is 21.6. The van der Waals surface area contributed by atoms with Gasteiger partial charge in [0.05, 0.1) is 6.17 Å². The standard InChI is InChI=1S/C23H50N2.C3H6O3/c1-5-7-8-9-10-11-12-13-14-15-16-17-18-19-20-21-22-24-23(6-2)25(3)4;1-2(4)3(5)6/h23-24H,5-22H2,1-4H3;2,4H,1H3,(H,5,6). The quantitative estimate of drug-likeness (QED) is 0.138. The molecule has 0 aliphatic heterocycles. The summed E-state index contributed by atoms with van der Waals surface area (Å²) in [6, 6.07) is 0. The average Bonchev–Trinajstić information content (AvgIpc) is 2.73. The van der Waals surface area contributed by atoms with Gasteiger partial charge >= 0.3 is 5.97 Å². The number of nitrogens with zero attached hydrogens (tertiary/aromatic N) is 1. The van der Waals surface area contributed by atoms with E-state index in [-0.39, 0.29) is 0 Å². The number of carboxylic acids is 1. The first-order valence-electron chi connectivity index (χ1n) is 13.2. The van der Waals surface area contributed by atoms with Gasteiger partial charge in [0.2, 0.25) is 0 Å². The van der Waals surface area contributed by atoms with Crippen LogP contribution in [-0.4, -0.2) is 54.0 Å². The van der Waals surface area contributed by atoms with Gasteiger partial charge in [-0.05, 0) is 40.4 Å². The summed E-state index contributed by atoms with van der Waals surface area (Å²) in [7, 11) is 4.32.